The van der Waals surface area contributed by atoms with Gasteiger partial charge in [-0.15, -0.1) is 0 Å². The molecule has 0 fully saturated rings. The van der Waals surface area contributed by atoms with Crippen LogP contribution in [0.15, 0.2) is 32.0 Å². The molecule has 1 unspecified atom stereocenters. The lowest BCUT2D eigenvalue weighted by atomic mass is 10.3. The summed E-state index contributed by atoms with van der Waals surface area (Å²) in [5, 5.41) is 2.38. The normalized spacial score (nSPS) is 13.1. The first-order valence-corrected chi connectivity index (χ1v) is 8.04. The van der Waals surface area contributed by atoms with E-state index in [1.54, 1.807) is 12.1 Å². The molecule has 0 aromatic heterocycles. The van der Waals surface area contributed by atoms with Gasteiger partial charge in [0.1, 0.15) is 0 Å². The maximum absolute atomic E-state index is 12.1. The van der Waals surface area contributed by atoms with Crippen molar-refractivity contribution >= 4 is 47.8 Å². The Balaban J connectivity index is 3.04. The third-order valence-corrected chi connectivity index (χ3v) is 5.17. The third kappa shape index (κ3) is 3.78. The Morgan fingerprint density at radius 1 is 1.33 bits per heavy atom. The zero-order valence-corrected chi connectivity index (χ0v) is 13.7. The minimum Gasteiger partial charge on any atom is -0.358 e. The van der Waals surface area contributed by atoms with E-state index in [1.165, 1.54) is 20.0 Å². The van der Waals surface area contributed by atoms with E-state index < -0.39 is 22.0 Å². The van der Waals surface area contributed by atoms with Crippen molar-refractivity contribution in [1.29, 1.82) is 0 Å². The molecule has 0 heterocycles. The molecule has 18 heavy (non-hydrogen) atoms. The Morgan fingerprint density at radius 2 is 1.94 bits per heavy atom. The molecule has 0 bridgehead atoms. The van der Waals surface area contributed by atoms with Crippen molar-refractivity contribution in [3.05, 3.63) is 27.1 Å². The molecule has 2 N–H and O–H groups in total. The molecule has 1 aromatic rings. The van der Waals surface area contributed by atoms with E-state index in [-0.39, 0.29) is 4.90 Å². The molecule has 1 rings (SSSR count). The Morgan fingerprint density at radius 3 is 2.44 bits per heavy atom. The Labute approximate surface area is 123 Å². The molecule has 0 aliphatic carbocycles. The Hall–Kier alpha value is -0.440. The summed E-state index contributed by atoms with van der Waals surface area (Å²) < 4.78 is 27.6. The third-order valence-electron chi connectivity index (χ3n) is 2.16. The average molecular weight is 400 g/mol. The maximum Gasteiger partial charge on any atom is 0.242 e. The number of likely N-dealkylation sites (N-methyl/N-ethyl adjacent to an activating group) is 1. The van der Waals surface area contributed by atoms with Gasteiger partial charge in [0, 0.05) is 16.0 Å². The topological polar surface area (TPSA) is 75.3 Å². The van der Waals surface area contributed by atoms with Crippen LogP contribution in [-0.4, -0.2) is 27.4 Å². The van der Waals surface area contributed by atoms with Crippen LogP contribution < -0.4 is 10.0 Å². The highest BCUT2D eigenvalue weighted by Gasteiger charge is 2.23. The number of amides is 1. The van der Waals surface area contributed by atoms with Crippen molar-refractivity contribution in [2.75, 3.05) is 7.05 Å². The van der Waals surface area contributed by atoms with Gasteiger partial charge >= 0.3 is 0 Å². The van der Waals surface area contributed by atoms with Gasteiger partial charge in [0.15, 0.2) is 0 Å². The van der Waals surface area contributed by atoms with Crippen LogP contribution in [0.5, 0.6) is 0 Å². The summed E-state index contributed by atoms with van der Waals surface area (Å²) in [7, 11) is -2.29. The molecule has 0 aliphatic rings. The second kappa shape index (κ2) is 6.14. The molecule has 0 saturated carbocycles. The summed E-state index contributed by atoms with van der Waals surface area (Å²) in [5.74, 6) is -0.396. The number of carbonyl (C=O) groups excluding carboxylic acids is 1. The molecule has 0 radical (unpaired) electrons. The summed E-state index contributed by atoms with van der Waals surface area (Å²) in [6, 6.07) is 3.85. The first kappa shape index (κ1) is 15.6. The molecular weight excluding hydrogens is 388 g/mol. The van der Waals surface area contributed by atoms with E-state index in [9.17, 15) is 13.2 Å². The average Bonchev–Trinajstić information content (AvgIpc) is 2.26. The van der Waals surface area contributed by atoms with Crippen molar-refractivity contribution in [1.82, 2.24) is 10.0 Å². The molecule has 0 spiro atoms. The number of nitrogens with one attached hydrogen (secondary N) is 2. The van der Waals surface area contributed by atoms with Crippen LogP contribution in [0.25, 0.3) is 0 Å². The lowest BCUT2D eigenvalue weighted by molar-refractivity contribution is -0.121. The monoisotopic (exact) mass is 398 g/mol. The number of hydrogen-bond acceptors (Lipinski definition) is 3. The molecule has 8 heteroatoms. The van der Waals surface area contributed by atoms with Crippen molar-refractivity contribution in [3.8, 4) is 0 Å². The van der Waals surface area contributed by atoms with Crippen LogP contribution in [0.1, 0.15) is 6.92 Å². The molecule has 1 aromatic carbocycles. The fourth-order valence-corrected chi connectivity index (χ4v) is 4.21. The SMILES string of the molecule is CNC(=O)C(C)NS(=O)(=O)c1ccc(Br)cc1Br. The molecule has 5 nitrogen and oxygen atoms in total. The van der Waals surface area contributed by atoms with Crippen LogP contribution >= 0.6 is 31.9 Å². The minimum absolute atomic E-state index is 0.0847. The van der Waals surface area contributed by atoms with Gasteiger partial charge in [-0.3, -0.25) is 4.79 Å². The van der Waals surface area contributed by atoms with Gasteiger partial charge in [-0.2, -0.15) is 4.72 Å². The highest BCUT2D eigenvalue weighted by Crippen LogP contribution is 2.25. The molecular formula is C10H12Br2N2O3S. The number of rotatable bonds is 4. The molecule has 100 valence electrons. The van der Waals surface area contributed by atoms with E-state index in [0.717, 1.165) is 4.47 Å². The fraction of sp³-hybridized carbons (Fsp3) is 0.300. The van der Waals surface area contributed by atoms with E-state index in [0.29, 0.717) is 4.47 Å². The Bertz CT molecular complexity index is 560. The highest BCUT2D eigenvalue weighted by molar-refractivity contribution is 9.11. The van der Waals surface area contributed by atoms with Gasteiger partial charge in [-0.25, -0.2) is 8.42 Å². The summed E-state index contributed by atoms with van der Waals surface area (Å²) in [5.41, 5.74) is 0. The number of sulfonamides is 1. The molecule has 1 amide bonds. The Kier molecular flexibility index (Phi) is 5.32. The number of hydrogen-bond donors (Lipinski definition) is 2. The van der Waals surface area contributed by atoms with Crippen molar-refractivity contribution in [2.45, 2.75) is 17.9 Å². The lowest BCUT2D eigenvalue weighted by Crippen LogP contribution is -2.43. The van der Waals surface area contributed by atoms with E-state index >= 15 is 0 Å². The zero-order valence-electron chi connectivity index (χ0n) is 9.70. The number of halogens is 2. The van der Waals surface area contributed by atoms with Gasteiger partial charge in [0.2, 0.25) is 15.9 Å². The standard InChI is InChI=1S/C10H12Br2N2O3S/c1-6(10(15)13-2)14-18(16,17)9-4-3-7(11)5-8(9)12/h3-6,14H,1-2H3,(H,13,15). The predicted molar refractivity (Wildman–Crippen MR) is 75.7 cm³/mol. The quantitative estimate of drug-likeness (QED) is 0.807. The summed E-state index contributed by atoms with van der Waals surface area (Å²) in [6.45, 7) is 1.48. The van der Waals surface area contributed by atoms with Gasteiger partial charge < -0.3 is 5.32 Å². The van der Waals surface area contributed by atoms with Crippen molar-refractivity contribution in [2.24, 2.45) is 0 Å². The maximum atomic E-state index is 12.1. The minimum atomic E-state index is -3.74. The second-order valence-corrected chi connectivity index (χ2v) is 6.98. The van der Waals surface area contributed by atoms with Gasteiger partial charge in [-0.05, 0) is 41.1 Å². The van der Waals surface area contributed by atoms with E-state index in [2.05, 4.69) is 41.9 Å². The largest absolute Gasteiger partial charge is 0.358 e. The van der Waals surface area contributed by atoms with Crippen molar-refractivity contribution < 1.29 is 13.2 Å². The van der Waals surface area contributed by atoms with E-state index in [1.807, 2.05) is 0 Å². The van der Waals surface area contributed by atoms with Gasteiger partial charge in [0.05, 0.1) is 10.9 Å². The first-order chi connectivity index (χ1) is 8.27. The van der Waals surface area contributed by atoms with Crippen LogP contribution in [0.3, 0.4) is 0 Å². The number of carbonyl (C=O) groups is 1. The number of benzene rings is 1. The lowest BCUT2D eigenvalue weighted by Gasteiger charge is -2.13. The van der Waals surface area contributed by atoms with Crippen LogP contribution in [0, 0.1) is 0 Å². The highest BCUT2D eigenvalue weighted by atomic mass is 79.9. The summed E-state index contributed by atoms with van der Waals surface area (Å²) in [4.78, 5) is 11.4. The summed E-state index contributed by atoms with van der Waals surface area (Å²) in [6.07, 6.45) is 0. The molecule has 1 atom stereocenters. The van der Waals surface area contributed by atoms with Crippen LogP contribution in [0.2, 0.25) is 0 Å². The molecule has 0 aliphatic heterocycles. The second-order valence-electron chi connectivity index (χ2n) is 3.53. The molecule has 0 saturated heterocycles. The zero-order chi connectivity index (χ0) is 13.9. The van der Waals surface area contributed by atoms with Crippen molar-refractivity contribution in [3.63, 3.8) is 0 Å². The predicted octanol–water partition coefficient (Wildman–Crippen LogP) is 1.62. The van der Waals surface area contributed by atoms with Crippen LogP contribution in [0.4, 0.5) is 0 Å². The van der Waals surface area contributed by atoms with Gasteiger partial charge in [0.25, 0.3) is 0 Å². The van der Waals surface area contributed by atoms with Gasteiger partial charge in [-0.1, -0.05) is 15.9 Å². The summed E-state index contributed by atoms with van der Waals surface area (Å²) >= 11 is 6.42. The smallest absolute Gasteiger partial charge is 0.242 e. The van der Waals surface area contributed by atoms with Crippen LogP contribution in [-0.2, 0) is 14.8 Å². The van der Waals surface area contributed by atoms with E-state index in [4.69, 9.17) is 0 Å². The first-order valence-electron chi connectivity index (χ1n) is 4.97. The fourth-order valence-electron chi connectivity index (χ4n) is 1.26.